The van der Waals surface area contributed by atoms with Crippen molar-refractivity contribution in [1.82, 2.24) is 15.1 Å². The first-order valence-electron chi connectivity index (χ1n) is 11.5. The van der Waals surface area contributed by atoms with Crippen molar-refractivity contribution < 1.29 is 43.9 Å². The van der Waals surface area contributed by atoms with Gasteiger partial charge in [-0.15, -0.1) is 0 Å². The zero-order chi connectivity index (χ0) is 26.1. The molecule has 198 valence electrons. The second kappa shape index (κ2) is 13.8. The summed E-state index contributed by atoms with van der Waals surface area (Å²) in [5.41, 5.74) is -0.586. The Balaban J connectivity index is 2.39. The third-order valence-corrected chi connectivity index (χ3v) is 5.22. The van der Waals surface area contributed by atoms with Crippen molar-refractivity contribution in [3.8, 4) is 0 Å². The van der Waals surface area contributed by atoms with Gasteiger partial charge in [0.05, 0.1) is 6.61 Å². The van der Waals surface area contributed by atoms with E-state index in [2.05, 4.69) is 5.32 Å². The van der Waals surface area contributed by atoms with Crippen molar-refractivity contribution in [2.45, 2.75) is 83.2 Å². The molecule has 5 unspecified atom stereocenters. The van der Waals surface area contributed by atoms with Crippen LogP contribution in [0.1, 0.15) is 47.0 Å². The molecule has 3 amide bonds. The number of rotatable bonds is 11. The van der Waals surface area contributed by atoms with Crippen LogP contribution in [0.25, 0.3) is 0 Å². The van der Waals surface area contributed by atoms with E-state index in [9.17, 15) is 29.7 Å². The molecule has 1 heterocycles. The molecule has 4 N–H and O–H groups in total. The Morgan fingerprint density at radius 2 is 1.65 bits per heavy atom. The maximum Gasteiger partial charge on any atom is 0.410 e. The second-order valence-electron chi connectivity index (χ2n) is 9.48. The molecule has 12 nitrogen and oxygen atoms in total. The molecule has 0 aromatic heterocycles. The van der Waals surface area contributed by atoms with Gasteiger partial charge in [0.25, 0.3) is 0 Å². The summed E-state index contributed by atoms with van der Waals surface area (Å²) in [6, 6.07) is -0.995. The van der Waals surface area contributed by atoms with Gasteiger partial charge in [0.1, 0.15) is 30.0 Å². The lowest BCUT2D eigenvalue weighted by atomic mass is 9.97. The van der Waals surface area contributed by atoms with E-state index in [-0.39, 0.29) is 18.9 Å². The van der Waals surface area contributed by atoms with Crippen molar-refractivity contribution in [3.05, 3.63) is 0 Å². The van der Waals surface area contributed by atoms with Crippen LogP contribution in [-0.2, 0) is 23.8 Å². The molecule has 0 spiro atoms. The van der Waals surface area contributed by atoms with Gasteiger partial charge in [-0.25, -0.2) is 4.79 Å². The van der Waals surface area contributed by atoms with Crippen molar-refractivity contribution in [2.75, 3.05) is 40.4 Å². The first-order chi connectivity index (χ1) is 15.8. The van der Waals surface area contributed by atoms with E-state index in [1.807, 2.05) is 0 Å². The number of unbranched alkanes of at least 4 members (excludes halogenated alkanes) is 1. The SMILES string of the molecule is CC(=O)NC1C(OCCCCC(=O)N(C)CCN(C)C(=O)OC(C)(C)C)OC(CO)C(O)C1O. The first kappa shape index (κ1) is 30.0. The highest BCUT2D eigenvalue weighted by molar-refractivity contribution is 5.76. The Hall–Kier alpha value is -1.99. The van der Waals surface area contributed by atoms with Crippen LogP contribution in [0, 0.1) is 0 Å². The average Bonchev–Trinajstić information content (AvgIpc) is 2.74. The molecular formula is C22H41N3O9. The highest BCUT2D eigenvalue weighted by Gasteiger charge is 2.45. The van der Waals surface area contributed by atoms with Crippen LogP contribution in [0.3, 0.4) is 0 Å². The standard InChI is InChI=1S/C22H41N3O9/c1-14(27)23-17-19(30)18(29)15(13-26)33-20(17)32-12-8-7-9-16(28)24(5)10-11-25(6)21(31)34-22(2,3)4/h15,17-20,26,29-30H,7-13H2,1-6H3,(H,23,27). The summed E-state index contributed by atoms with van der Waals surface area (Å²) in [6.45, 7) is 6.99. The molecule has 0 radical (unpaired) electrons. The number of nitrogens with zero attached hydrogens (tertiary/aromatic N) is 2. The number of aliphatic hydroxyl groups is 3. The summed E-state index contributed by atoms with van der Waals surface area (Å²) < 4.78 is 16.4. The third-order valence-electron chi connectivity index (χ3n) is 5.22. The van der Waals surface area contributed by atoms with Crippen molar-refractivity contribution in [2.24, 2.45) is 0 Å². The van der Waals surface area contributed by atoms with Crippen molar-refractivity contribution >= 4 is 17.9 Å². The number of likely N-dealkylation sites (N-methyl/N-ethyl adjacent to an activating group) is 2. The fourth-order valence-corrected chi connectivity index (χ4v) is 3.24. The largest absolute Gasteiger partial charge is 0.444 e. The van der Waals surface area contributed by atoms with Crippen LogP contribution >= 0.6 is 0 Å². The lowest BCUT2D eigenvalue weighted by molar-refractivity contribution is -0.270. The Morgan fingerprint density at radius 1 is 1.03 bits per heavy atom. The van der Waals surface area contributed by atoms with E-state index in [1.54, 1.807) is 39.8 Å². The molecule has 1 aliphatic rings. The van der Waals surface area contributed by atoms with Gasteiger partial charge in [-0.3, -0.25) is 9.59 Å². The van der Waals surface area contributed by atoms with E-state index in [0.29, 0.717) is 25.9 Å². The summed E-state index contributed by atoms with van der Waals surface area (Å²) in [4.78, 5) is 38.7. The molecule has 0 bridgehead atoms. The van der Waals surface area contributed by atoms with E-state index in [4.69, 9.17) is 14.2 Å². The second-order valence-corrected chi connectivity index (χ2v) is 9.48. The van der Waals surface area contributed by atoms with Gasteiger partial charge < -0.3 is 44.6 Å². The molecule has 0 aromatic rings. The number of hydrogen-bond donors (Lipinski definition) is 4. The van der Waals surface area contributed by atoms with Gasteiger partial charge in [0.15, 0.2) is 6.29 Å². The van der Waals surface area contributed by atoms with Crippen LogP contribution in [0.4, 0.5) is 4.79 Å². The highest BCUT2D eigenvalue weighted by Crippen LogP contribution is 2.22. The zero-order valence-electron chi connectivity index (χ0n) is 21.0. The maximum atomic E-state index is 12.3. The van der Waals surface area contributed by atoms with E-state index < -0.39 is 54.9 Å². The summed E-state index contributed by atoms with van der Waals surface area (Å²) >= 11 is 0. The Labute approximate surface area is 201 Å². The zero-order valence-corrected chi connectivity index (χ0v) is 21.0. The molecule has 34 heavy (non-hydrogen) atoms. The van der Waals surface area contributed by atoms with Crippen LogP contribution in [-0.4, -0.2) is 120 Å². The molecule has 0 aliphatic carbocycles. The van der Waals surface area contributed by atoms with Gasteiger partial charge in [0.2, 0.25) is 11.8 Å². The van der Waals surface area contributed by atoms with Crippen LogP contribution in [0.2, 0.25) is 0 Å². The predicted molar refractivity (Wildman–Crippen MR) is 122 cm³/mol. The minimum atomic E-state index is -1.37. The number of hydrogen-bond acceptors (Lipinski definition) is 9. The molecule has 0 aromatic carbocycles. The van der Waals surface area contributed by atoms with Crippen LogP contribution in [0.15, 0.2) is 0 Å². The number of carbonyl (C=O) groups is 3. The molecule has 1 aliphatic heterocycles. The maximum absolute atomic E-state index is 12.3. The van der Waals surface area contributed by atoms with E-state index in [0.717, 1.165) is 0 Å². The topological polar surface area (TPSA) is 158 Å². The van der Waals surface area contributed by atoms with Gasteiger partial charge in [-0.1, -0.05) is 0 Å². The Bertz CT molecular complexity index is 670. The van der Waals surface area contributed by atoms with Crippen LogP contribution < -0.4 is 5.32 Å². The van der Waals surface area contributed by atoms with E-state index in [1.165, 1.54) is 11.8 Å². The smallest absolute Gasteiger partial charge is 0.410 e. The van der Waals surface area contributed by atoms with Crippen molar-refractivity contribution in [1.29, 1.82) is 0 Å². The summed E-state index contributed by atoms with van der Waals surface area (Å²) in [7, 11) is 3.28. The molecular weight excluding hydrogens is 450 g/mol. The summed E-state index contributed by atoms with van der Waals surface area (Å²) in [6.07, 6.45) is -3.98. The highest BCUT2D eigenvalue weighted by atomic mass is 16.7. The quantitative estimate of drug-likeness (QED) is 0.278. The number of amides is 3. The van der Waals surface area contributed by atoms with Gasteiger partial charge in [-0.05, 0) is 33.6 Å². The lowest BCUT2D eigenvalue weighted by Crippen LogP contribution is -2.64. The predicted octanol–water partition coefficient (Wildman–Crippen LogP) is -0.558. The third kappa shape index (κ3) is 10.1. The molecule has 0 saturated carbocycles. The molecule has 5 atom stereocenters. The van der Waals surface area contributed by atoms with Gasteiger partial charge >= 0.3 is 6.09 Å². The molecule has 1 fully saturated rings. The first-order valence-corrected chi connectivity index (χ1v) is 11.5. The molecule has 1 rings (SSSR count). The minimum Gasteiger partial charge on any atom is -0.444 e. The van der Waals surface area contributed by atoms with Crippen molar-refractivity contribution in [3.63, 3.8) is 0 Å². The summed E-state index contributed by atoms with van der Waals surface area (Å²) in [5.74, 6) is -0.511. The summed E-state index contributed by atoms with van der Waals surface area (Å²) in [5, 5.41) is 32.1. The Morgan fingerprint density at radius 3 is 2.21 bits per heavy atom. The van der Waals surface area contributed by atoms with Crippen LogP contribution in [0.5, 0.6) is 0 Å². The van der Waals surface area contributed by atoms with E-state index >= 15 is 0 Å². The number of aliphatic hydroxyl groups excluding tert-OH is 3. The van der Waals surface area contributed by atoms with Gasteiger partial charge in [-0.2, -0.15) is 0 Å². The fourth-order valence-electron chi connectivity index (χ4n) is 3.24. The monoisotopic (exact) mass is 491 g/mol. The average molecular weight is 492 g/mol. The Kier molecular flexibility index (Phi) is 12.2. The van der Waals surface area contributed by atoms with Gasteiger partial charge in [0, 0.05) is 47.1 Å². The number of carbonyl (C=O) groups excluding carboxylic acids is 3. The number of ether oxygens (including phenoxy) is 3. The number of nitrogens with one attached hydrogen (secondary N) is 1. The normalized spacial score (nSPS) is 24.9. The minimum absolute atomic E-state index is 0.0819. The molecule has 1 saturated heterocycles. The molecule has 12 heteroatoms. The fraction of sp³-hybridized carbons (Fsp3) is 0.864. The lowest BCUT2D eigenvalue weighted by Gasteiger charge is -2.42.